The van der Waals surface area contributed by atoms with Crippen LogP contribution in [-0.4, -0.2) is 59.0 Å². The summed E-state index contributed by atoms with van der Waals surface area (Å²) in [6, 6.07) is 5.51. The first-order chi connectivity index (χ1) is 10.0. The van der Waals surface area contributed by atoms with Gasteiger partial charge in [-0.25, -0.2) is 4.39 Å². The van der Waals surface area contributed by atoms with Gasteiger partial charge in [-0.1, -0.05) is 11.2 Å². The molecular weight excluding hydrogens is 275 g/mol. The summed E-state index contributed by atoms with van der Waals surface area (Å²) in [7, 11) is 0. The lowest BCUT2D eigenvalue weighted by Gasteiger charge is -2.37. The summed E-state index contributed by atoms with van der Waals surface area (Å²) in [5, 5.41) is 11.7. The van der Waals surface area contributed by atoms with Gasteiger partial charge in [0.2, 0.25) is 0 Å². The second-order valence-electron chi connectivity index (χ2n) is 5.04. The Hall–Kier alpha value is -2.15. The molecule has 114 valence electrons. The van der Waals surface area contributed by atoms with Gasteiger partial charge in [-0.15, -0.1) is 0 Å². The molecule has 0 saturated carbocycles. The van der Waals surface area contributed by atoms with E-state index in [0.29, 0.717) is 31.7 Å². The van der Waals surface area contributed by atoms with Gasteiger partial charge >= 0.3 is 0 Å². The Bertz CT molecular complexity index is 542. The number of halogens is 1. The maximum absolute atomic E-state index is 13.2. The summed E-state index contributed by atoms with van der Waals surface area (Å²) in [5.41, 5.74) is 5.94. The van der Waals surface area contributed by atoms with Crippen LogP contribution in [0.2, 0.25) is 0 Å². The Balaban J connectivity index is 1.96. The largest absolute Gasteiger partial charge is 0.409 e. The molecule has 0 radical (unpaired) electrons. The number of hydrogen-bond donors (Lipinski definition) is 2. The van der Waals surface area contributed by atoms with Crippen LogP contribution in [-0.2, 0) is 0 Å². The number of nitrogens with zero attached hydrogens (tertiary/aromatic N) is 3. The summed E-state index contributed by atoms with van der Waals surface area (Å²) in [6.07, 6.45) is 0. The van der Waals surface area contributed by atoms with E-state index in [0.717, 1.165) is 0 Å². The molecule has 0 bridgehead atoms. The molecule has 1 aliphatic heterocycles. The van der Waals surface area contributed by atoms with Gasteiger partial charge in [0.05, 0.1) is 6.04 Å². The number of carbonyl (C=O) groups excluding carboxylic acids is 1. The van der Waals surface area contributed by atoms with Gasteiger partial charge in [0.1, 0.15) is 5.82 Å². The van der Waals surface area contributed by atoms with Gasteiger partial charge < -0.3 is 15.8 Å². The zero-order valence-corrected chi connectivity index (χ0v) is 11.9. The monoisotopic (exact) mass is 294 g/mol. The third-order valence-corrected chi connectivity index (χ3v) is 3.76. The fourth-order valence-electron chi connectivity index (χ4n) is 2.39. The molecule has 0 aromatic heterocycles. The first-order valence-electron chi connectivity index (χ1n) is 6.79. The number of rotatable bonds is 3. The van der Waals surface area contributed by atoms with Crippen LogP contribution >= 0.6 is 0 Å². The Labute approximate surface area is 122 Å². The second kappa shape index (κ2) is 6.53. The minimum Gasteiger partial charge on any atom is -0.409 e. The molecule has 3 N–H and O–H groups in total. The number of hydrogen-bond acceptors (Lipinski definition) is 4. The third kappa shape index (κ3) is 3.49. The second-order valence-corrected chi connectivity index (χ2v) is 5.04. The number of oxime groups is 1. The van der Waals surface area contributed by atoms with E-state index in [1.165, 1.54) is 18.2 Å². The summed E-state index contributed by atoms with van der Waals surface area (Å²) in [6.45, 7) is 4.15. The zero-order valence-electron chi connectivity index (χ0n) is 11.9. The molecule has 1 saturated heterocycles. The van der Waals surface area contributed by atoms with Gasteiger partial charge in [-0.2, -0.15) is 0 Å². The molecule has 1 atom stereocenters. The van der Waals surface area contributed by atoms with Crippen molar-refractivity contribution in [3.8, 4) is 0 Å². The lowest BCUT2D eigenvalue weighted by atomic mass is 10.1. The van der Waals surface area contributed by atoms with Crippen LogP contribution in [0.4, 0.5) is 4.39 Å². The molecule has 1 amide bonds. The number of piperazine rings is 1. The van der Waals surface area contributed by atoms with Crippen molar-refractivity contribution in [2.45, 2.75) is 13.0 Å². The van der Waals surface area contributed by atoms with Crippen LogP contribution in [0.1, 0.15) is 17.3 Å². The van der Waals surface area contributed by atoms with Crippen LogP contribution in [0.25, 0.3) is 0 Å². The Kier molecular flexibility index (Phi) is 4.74. The van der Waals surface area contributed by atoms with Crippen molar-refractivity contribution >= 4 is 11.7 Å². The predicted octanol–water partition coefficient (Wildman–Crippen LogP) is 0.718. The van der Waals surface area contributed by atoms with Crippen molar-refractivity contribution < 1.29 is 14.4 Å². The van der Waals surface area contributed by atoms with Gasteiger partial charge in [-0.3, -0.25) is 9.69 Å². The van der Waals surface area contributed by atoms with Crippen molar-refractivity contribution in [3.63, 3.8) is 0 Å². The predicted molar refractivity (Wildman–Crippen MR) is 76.7 cm³/mol. The molecule has 1 unspecified atom stereocenters. The number of amidine groups is 1. The number of amides is 1. The van der Waals surface area contributed by atoms with Crippen LogP contribution in [0.3, 0.4) is 0 Å². The van der Waals surface area contributed by atoms with E-state index in [2.05, 4.69) is 5.16 Å². The average Bonchev–Trinajstić information content (AvgIpc) is 2.53. The van der Waals surface area contributed by atoms with Gasteiger partial charge in [0.15, 0.2) is 5.84 Å². The van der Waals surface area contributed by atoms with Gasteiger partial charge in [-0.05, 0) is 25.1 Å². The highest BCUT2D eigenvalue weighted by Gasteiger charge is 2.26. The summed E-state index contributed by atoms with van der Waals surface area (Å²) >= 11 is 0. The Morgan fingerprint density at radius 3 is 2.62 bits per heavy atom. The van der Waals surface area contributed by atoms with E-state index in [9.17, 15) is 9.18 Å². The number of carbonyl (C=O) groups is 1. The van der Waals surface area contributed by atoms with E-state index in [4.69, 9.17) is 10.9 Å². The average molecular weight is 294 g/mol. The summed E-state index contributed by atoms with van der Waals surface area (Å²) in [5.74, 6) is -0.439. The first-order valence-corrected chi connectivity index (χ1v) is 6.79. The molecule has 1 aromatic rings. The van der Waals surface area contributed by atoms with Crippen molar-refractivity contribution in [1.29, 1.82) is 0 Å². The van der Waals surface area contributed by atoms with Gasteiger partial charge in [0.25, 0.3) is 5.91 Å². The maximum atomic E-state index is 13.2. The van der Waals surface area contributed by atoms with Crippen molar-refractivity contribution in [3.05, 3.63) is 35.6 Å². The fraction of sp³-hybridized carbons (Fsp3) is 0.429. The van der Waals surface area contributed by atoms with E-state index in [1.54, 1.807) is 11.0 Å². The molecule has 0 spiro atoms. The molecule has 6 nitrogen and oxygen atoms in total. The molecular formula is C14H19FN4O2. The van der Waals surface area contributed by atoms with Crippen LogP contribution < -0.4 is 5.73 Å². The minimum absolute atomic E-state index is 0.153. The van der Waals surface area contributed by atoms with Crippen LogP contribution in [0, 0.1) is 5.82 Å². The number of benzene rings is 1. The van der Waals surface area contributed by atoms with E-state index in [1.807, 2.05) is 11.8 Å². The van der Waals surface area contributed by atoms with E-state index >= 15 is 0 Å². The molecule has 0 aliphatic carbocycles. The third-order valence-electron chi connectivity index (χ3n) is 3.76. The normalized spacial score (nSPS) is 18.6. The highest BCUT2D eigenvalue weighted by Crippen LogP contribution is 2.12. The maximum Gasteiger partial charge on any atom is 0.254 e. The molecule has 2 rings (SSSR count). The highest BCUT2D eigenvalue weighted by molar-refractivity contribution is 5.94. The summed E-state index contributed by atoms with van der Waals surface area (Å²) < 4.78 is 13.2. The van der Waals surface area contributed by atoms with E-state index in [-0.39, 0.29) is 17.8 Å². The fourth-order valence-corrected chi connectivity index (χ4v) is 2.39. The van der Waals surface area contributed by atoms with E-state index < -0.39 is 5.82 Å². The Morgan fingerprint density at radius 1 is 1.38 bits per heavy atom. The first kappa shape index (κ1) is 15.2. The lowest BCUT2D eigenvalue weighted by molar-refractivity contribution is 0.0618. The van der Waals surface area contributed by atoms with Crippen molar-refractivity contribution in [1.82, 2.24) is 9.80 Å². The van der Waals surface area contributed by atoms with Crippen molar-refractivity contribution in [2.75, 3.05) is 26.2 Å². The standard InChI is InChI=1S/C14H19FN4O2/c1-10(13(16)17-21)18-5-7-19(8-6-18)14(20)11-3-2-4-12(15)9-11/h2-4,9-10,21H,5-8H2,1H3,(H2,16,17). The lowest BCUT2D eigenvalue weighted by Crippen LogP contribution is -2.54. The molecule has 1 aromatic carbocycles. The van der Waals surface area contributed by atoms with Crippen LogP contribution in [0.15, 0.2) is 29.4 Å². The van der Waals surface area contributed by atoms with Gasteiger partial charge in [0, 0.05) is 31.7 Å². The van der Waals surface area contributed by atoms with Crippen molar-refractivity contribution in [2.24, 2.45) is 10.9 Å². The minimum atomic E-state index is -0.417. The molecule has 1 heterocycles. The molecule has 1 aliphatic rings. The number of nitrogens with two attached hydrogens (primary N) is 1. The van der Waals surface area contributed by atoms with Crippen LogP contribution in [0.5, 0.6) is 0 Å². The topological polar surface area (TPSA) is 82.2 Å². The molecule has 7 heteroatoms. The quantitative estimate of drug-likeness (QED) is 0.372. The smallest absolute Gasteiger partial charge is 0.254 e. The Morgan fingerprint density at radius 2 is 2.05 bits per heavy atom. The molecule has 21 heavy (non-hydrogen) atoms. The SMILES string of the molecule is CC(C(N)=NO)N1CCN(C(=O)c2cccc(F)c2)CC1. The molecule has 1 fully saturated rings. The highest BCUT2D eigenvalue weighted by atomic mass is 19.1. The summed E-state index contributed by atoms with van der Waals surface area (Å²) in [4.78, 5) is 16.0. The zero-order chi connectivity index (χ0) is 15.4.